The first kappa shape index (κ1) is 10.6. The van der Waals surface area contributed by atoms with E-state index in [1.807, 2.05) is 18.2 Å². The lowest BCUT2D eigenvalue weighted by atomic mass is 10.1. The summed E-state index contributed by atoms with van der Waals surface area (Å²) in [5.41, 5.74) is 2.13. The highest BCUT2D eigenvalue weighted by molar-refractivity contribution is 5.77. The molecule has 4 nitrogen and oxygen atoms in total. The Bertz CT molecular complexity index is 464. The van der Waals surface area contributed by atoms with Crippen LogP contribution >= 0.6 is 0 Å². The van der Waals surface area contributed by atoms with Gasteiger partial charge in [0.25, 0.3) is 0 Å². The normalized spacial score (nSPS) is 18.6. The van der Waals surface area contributed by atoms with Crippen LogP contribution in [0, 0.1) is 0 Å². The standard InChI is InChI=1S/C13H18N4/c1-17-8-6-10(7-9-17)14-13-15-11-4-2-3-5-12(11)16-13/h2-5,10H,6-9H2,1H3,(H2,14,15,16). The summed E-state index contributed by atoms with van der Waals surface area (Å²) in [6, 6.07) is 8.68. The minimum absolute atomic E-state index is 0.548. The van der Waals surface area contributed by atoms with Gasteiger partial charge in [0, 0.05) is 6.04 Å². The van der Waals surface area contributed by atoms with E-state index in [1.54, 1.807) is 0 Å². The van der Waals surface area contributed by atoms with Crippen LogP contribution in [0.4, 0.5) is 5.95 Å². The average Bonchev–Trinajstić information content (AvgIpc) is 2.74. The Kier molecular flexibility index (Phi) is 2.73. The highest BCUT2D eigenvalue weighted by Gasteiger charge is 2.17. The topological polar surface area (TPSA) is 44.0 Å². The summed E-state index contributed by atoms with van der Waals surface area (Å²) < 4.78 is 0. The lowest BCUT2D eigenvalue weighted by Crippen LogP contribution is -2.36. The molecule has 1 saturated heterocycles. The molecular formula is C13H18N4. The number of likely N-dealkylation sites (tertiary alicyclic amines) is 1. The smallest absolute Gasteiger partial charge is 0.201 e. The maximum Gasteiger partial charge on any atom is 0.201 e. The molecule has 1 aromatic heterocycles. The predicted molar refractivity (Wildman–Crippen MR) is 70.2 cm³/mol. The van der Waals surface area contributed by atoms with E-state index in [4.69, 9.17) is 0 Å². The van der Waals surface area contributed by atoms with Crippen molar-refractivity contribution in [2.75, 3.05) is 25.5 Å². The minimum atomic E-state index is 0.548. The van der Waals surface area contributed by atoms with E-state index in [0.717, 1.165) is 30.1 Å². The molecule has 1 aliphatic heterocycles. The number of hydrogen-bond acceptors (Lipinski definition) is 3. The lowest BCUT2D eigenvalue weighted by Gasteiger charge is -2.29. The van der Waals surface area contributed by atoms with Crippen molar-refractivity contribution >= 4 is 17.0 Å². The Balaban J connectivity index is 1.72. The third kappa shape index (κ3) is 2.26. The number of nitrogens with one attached hydrogen (secondary N) is 2. The number of anilines is 1. The van der Waals surface area contributed by atoms with E-state index in [1.165, 1.54) is 12.8 Å². The van der Waals surface area contributed by atoms with Gasteiger partial charge in [-0.15, -0.1) is 0 Å². The van der Waals surface area contributed by atoms with Gasteiger partial charge in [-0.05, 0) is 45.1 Å². The van der Waals surface area contributed by atoms with Crippen LogP contribution in [-0.4, -0.2) is 41.0 Å². The zero-order valence-electron chi connectivity index (χ0n) is 10.1. The van der Waals surface area contributed by atoms with Crippen molar-refractivity contribution < 1.29 is 0 Å². The molecule has 90 valence electrons. The Morgan fingerprint density at radius 3 is 2.82 bits per heavy atom. The SMILES string of the molecule is CN1CCC(Nc2nc3ccccc3[nH]2)CC1. The first-order chi connectivity index (χ1) is 8.31. The van der Waals surface area contributed by atoms with Crippen molar-refractivity contribution in [3.05, 3.63) is 24.3 Å². The Morgan fingerprint density at radius 2 is 2.06 bits per heavy atom. The number of para-hydroxylation sites is 2. The average molecular weight is 230 g/mol. The van der Waals surface area contributed by atoms with E-state index in [-0.39, 0.29) is 0 Å². The Hall–Kier alpha value is -1.55. The summed E-state index contributed by atoms with van der Waals surface area (Å²) in [4.78, 5) is 10.2. The van der Waals surface area contributed by atoms with Gasteiger partial charge in [0.2, 0.25) is 5.95 Å². The van der Waals surface area contributed by atoms with Gasteiger partial charge in [0.1, 0.15) is 0 Å². The van der Waals surface area contributed by atoms with Crippen molar-refractivity contribution in [2.24, 2.45) is 0 Å². The molecule has 2 N–H and O–H groups in total. The molecule has 1 fully saturated rings. The van der Waals surface area contributed by atoms with Gasteiger partial charge in [0.05, 0.1) is 11.0 Å². The van der Waals surface area contributed by atoms with Crippen LogP contribution in [0.25, 0.3) is 11.0 Å². The molecule has 2 heterocycles. The number of rotatable bonds is 2. The summed E-state index contributed by atoms with van der Waals surface area (Å²) in [5, 5.41) is 3.50. The van der Waals surface area contributed by atoms with Crippen LogP contribution in [-0.2, 0) is 0 Å². The number of nitrogens with zero attached hydrogens (tertiary/aromatic N) is 2. The van der Waals surface area contributed by atoms with E-state index in [0.29, 0.717) is 6.04 Å². The first-order valence-electron chi connectivity index (χ1n) is 6.21. The number of H-pyrrole nitrogens is 1. The second-order valence-corrected chi connectivity index (χ2v) is 4.82. The number of benzene rings is 1. The molecule has 0 saturated carbocycles. The molecule has 0 radical (unpaired) electrons. The maximum atomic E-state index is 4.55. The van der Waals surface area contributed by atoms with Crippen molar-refractivity contribution in [1.82, 2.24) is 14.9 Å². The molecule has 0 bridgehead atoms. The number of aromatic nitrogens is 2. The minimum Gasteiger partial charge on any atom is -0.353 e. The number of aromatic amines is 1. The van der Waals surface area contributed by atoms with E-state index in [2.05, 4.69) is 33.3 Å². The van der Waals surface area contributed by atoms with Gasteiger partial charge in [0.15, 0.2) is 0 Å². The molecule has 4 heteroatoms. The second kappa shape index (κ2) is 4.37. The molecule has 0 unspecified atom stereocenters. The first-order valence-corrected chi connectivity index (χ1v) is 6.21. The van der Waals surface area contributed by atoms with Crippen LogP contribution in [0.1, 0.15) is 12.8 Å². The van der Waals surface area contributed by atoms with E-state index in [9.17, 15) is 0 Å². The van der Waals surface area contributed by atoms with Crippen molar-refractivity contribution in [1.29, 1.82) is 0 Å². The zero-order valence-corrected chi connectivity index (χ0v) is 10.1. The quantitative estimate of drug-likeness (QED) is 0.830. The zero-order chi connectivity index (χ0) is 11.7. The van der Waals surface area contributed by atoms with Gasteiger partial charge >= 0.3 is 0 Å². The number of imidazole rings is 1. The number of piperidine rings is 1. The molecule has 0 atom stereocenters. The van der Waals surface area contributed by atoms with Crippen LogP contribution in [0.5, 0.6) is 0 Å². The molecular weight excluding hydrogens is 212 g/mol. The maximum absolute atomic E-state index is 4.55. The van der Waals surface area contributed by atoms with Gasteiger partial charge < -0.3 is 15.2 Å². The van der Waals surface area contributed by atoms with E-state index < -0.39 is 0 Å². The van der Waals surface area contributed by atoms with Crippen LogP contribution in [0.15, 0.2) is 24.3 Å². The Morgan fingerprint density at radius 1 is 1.29 bits per heavy atom. The summed E-state index contributed by atoms with van der Waals surface area (Å²) >= 11 is 0. The van der Waals surface area contributed by atoms with E-state index >= 15 is 0 Å². The van der Waals surface area contributed by atoms with Gasteiger partial charge in [-0.25, -0.2) is 4.98 Å². The predicted octanol–water partition coefficient (Wildman–Crippen LogP) is 2.07. The fourth-order valence-corrected chi connectivity index (χ4v) is 2.37. The van der Waals surface area contributed by atoms with Crippen molar-refractivity contribution in [3.63, 3.8) is 0 Å². The van der Waals surface area contributed by atoms with Gasteiger partial charge in [-0.2, -0.15) is 0 Å². The van der Waals surface area contributed by atoms with Crippen LogP contribution in [0.3, 0.4) is 0 Å². The monoisotopic (exact) mass is 230 g/mol. The largest absolute Gasteiger partial charge is 0.353 e. The molecule has 3 rings (SSSR count). The highest BCUT2D eigenvalue weighted by Crippen LogP contribution is 2.17. The summed E-state index contributed by atoms with van der Waals surface area (Å²) in [6.07, 6.45) is 2.38. The number of fused-ring (bicyclic) bond motifs is 1. The Labute approximate surface area is 101 Å². The summed E-state index contributed by atoms with van der Waals surface area (Å²) in [6.45, 7) is 2.33. The van der Waals surface area contributed by atoms with Gasteiger partial charge in [-0.3, -0.25) is 0 Å². The van der Waals surface area contributed by atoms with Crippen molar-refractivity contribution in [3.8, 4) is 0 Å². The second-order valence-electron chi connectivity index (χ2n) is 4.82. The highest BCUT2D eigenvalue weighted by atomic mass is 15.2. The van der Waals surface area contributed by atoms with Gasteiger partial charge in [-0.1, -0.05) is 12.1 Å². The summed E-state index contributed by atoms with van der Waals surface area (Å²) in [5.74, 6) is 0.903. The van der Waals surface area contributed by atoms with Crippen LogP contribution in [0.2, 0.25) is 0 Å². The molecule has 0 aliphatic carbocycles. The molecule has 1 aromatic carbocycles. The molecule has 0 amide bonds. The number of hydrogen-bond donors (Lipinski definition) is 2. The van der Waals surface area contributed by atoms with Crippen LogP contribution < -0.4 is 5.32 Å². The third-order valence-corrected chi connectivity index (χ3v) is 3.45. The fraction of sp³-hybridized carbons (Fsp3) is 0.462. The molecule has 2 aromatic rings. The van der Waals surface area contributed by atoms with Crippen molar-refractivity contribution in [2.45, 2.75) is 18.9 Å². The third-order valence-electron chi connectivity index (χ3n) is 3.45. The fourth-order valence-electron chi connectivity index (χ4n) is 2.37. The molecule has 0 spiro atoms. The molecule has 1 aliphatic rings. The summed E-state index contributed by atoms with van der Waals surface area (Å²) in [7, 11) is 2.18. The lowest BCUT2D eigenvalue weighted by molar-refractivity contribution is 0.263. The molecule has 17 heavy (non-hydrogen) atoms.